The number of furan rings is 1. The SMILES string of the molecule is Cc1cc(Br)oc1C(=O)NCC1(C(=O)O)CCCCC1. The number of amides is 1. The molecule has 1 aliphatic rings. The van der Waals surface area contributed by atoms with Crippen molar-refractivity contribution in [1.82, 2.24) is 5.32 Å². The molecule has 2 N–H and O–H groups in total. The zero-order valence-corrected chi connectivity index (χ0v) is 13.0. The summed E-state index contributed by atoms with van der Waals surface area (Å²) in [7, 11) is 0. The quantitative estimate of drug-likeness (QED) is 0.880. The minimum absolute atomic E-state index is 0.152. The molecule has 1 aromatic rings. The lowest BCUT2D eigenvalue weighted by Crippen LogP contribution is -2.44. The highest BCUT2D eigenvalue weighted by molar-refractivity contribution is 9.10. The van der Waals surface area contributed by atoms with Crippen LogP contribution in [0.25, 0.3) is 0 Å². The van der Waals surface area contributed by atoms with Gasteiger partial charge in [0.25, 0.3) is 5.91 Å². The van der Waals surface area contributed by atoms with Gasteiger partial charge in [-0.2, -0.15) is 0 Å². The topological polar surface area (TPSA) is 79.5 Å². The Hall–Kier alpha value is -1.30. The molecule has 0 radical (unpaired) electrons. The average molecular weight is 344 g/mol. The molecule has 0 saturated heterocycles. The van der Waals surface area contributed by atoms with Gasteiger partial charge in [0.05, 0.1) is 5.41 Å². The van der Waals surface area contributed by atoms with Crippen molar-refractivity contribution in [3.63, 3.8) is 0 Å². The smallest absolute Gasteiger partial charge is 0.311 e. The maximum atomic E-state index is 12.1. The van der Waals surface area contributed by atoms with Gasteiger partial charge in [0.15, 0.2) is 10.4 Å². The maximum Gasteiger partial charge on any atom is 0.311 e. The van der Waals surface area contributed by atoms with Gasteiger partial charge >= 0.3 is 5.97 Å². The van der Waals surface area contributed by atoms with E-state index in [0.29, 0.717) is 17.5 Å². The van der Waals surface area contributed by atoms with Gasteiger partial charge in [0.2, 0.25) is 0 Å². The number of aryl methyl sites for hydroxylation is 1. The number of carboxylic acid groups (broad SMARTS) is 1. The molecule has 0 aliphatic heterocycles. The Morgan fingerprint density at radius 2 is 2.05 bits per heavy atom. The molecule has 5 nitrogen and oxygen atoms in total. The van der Waals surface area contributed by atoms with E-state index in [-0.39, 0.29) is 18.2 Å². The molecule has 110 valence electrons. The Kier molecular flexibility index (Phi) is 4.52. The zero-order chi connectivity index (χ0) is 14.8. The first-order valence-corrected chi connectivity index (χ1v) is 7.51. The molecule has 20 heavy (non-hydrogen) atoms. The van der Waals surface area contributed by atoms with Crippen molar-refractivity contribution in [2.45, 2.75) is 39.0 Å². The Morgan fingerprint density at radius 1 is 1.40 bits per heavy atom. The largest absolute Gasteiger partial charge is 0.481 e. The maximum absolute atomic E-state index is 12.1. The van der Waals surface area contributed by atoms with Gasteiger partial charge in [-0.05, 0) is 41.8 Å². The van der Waals surface area contributed by atoms with Gasteiger partial charge < -0.3 is 14.8 Å². The first-order chi connectivity index (χ1) is 9.44. The molecule has 0 atom stereocenters. The lowest BCUT2D eigenvalue weighted by Gasteiger charge is -2.33. The Bertz CT molecular complexity index is 517. The van der Waals surface area contributed by atoms with Crippen LogP contribution in [0.5, 0.6) is 0 Å². The summed E-state index contributed by atoms with van der Waals surface area (Å²) >= 11 is 3.17. The number of hydrogen-bond donors (Lipinski definition) is 2. The number of carboxylic acids is 1. The van der Waals surface area contributed by atoms with E-state index >= 15 is 0 Å². The summed E-state index contributed by atoms with van der Waals surface area (Å²) in [6, 6.07) is 1.71. The standard InChI is InChI=1S/C14H18BrNO4/c1-9-7-10(15)20-11(9)12(17)16-8-14(13(18)19)5-3-2-4-6-14/h7H,2-6,8H2,1H3,(H,16,17)(H,18,19). The van der Waals surface area contributed by atoms with Crippen LogP contribution in [0, 0.1) is 12.3 Å². The fourth-order valence-electron chi connectivity index (χ4n) is 2.69. The summed E-state index contributed by atoms with van der Waals surface area (Å²) in [5, 5.41) is 12.2. The molecule has 0 spiro atoms. The molecule has 2 rings (SSSR count). The van der Waals surface area contributed by atoms with Crippen LogP contribution in [0.2, 0.25) is 0 Å². The summed E-state index contributed by atoms with van der Waals surface area (Å²) in [5.74, 6) is -0.956. The van der Waals surface area contributed by atoms with E-state index in [1.165, 1.54) is 0 Å². The van der Waals surface area contributed by atoms with Gasteiger partial charge in [-0.25, -0.2) is 0 Å². The highest BCUT2D eigenvalue weighted by Gasteiger charge is 2.40. The molecule has 1 heterocycles. The minimum atomic E-state index is -0.828. The molecular formula is C14H18BrNO4. The summed E-state index contributed by atoms with van der Waals surface area (Å²) in [6.07, 6.45) is 4.08. The third-order valence-corrected chi connectivity index (χ3v) is 4.34. The second-order valence-corrected chi connectivity index (χ2v) is 6.17. The van der Waals surface area contributed by atoms with E-state index < -0.39 is 11.4 Å². The number of aliphatic carboxylic acids is 1. The van der Waals surface area contributed by atoms with Crippen LogP contribution in [0.4, 0.5) is 0 Å². The Balaban J connectivity index is 2.04. The van der Waals surface area contributed by atoms with Crippen molar-refractivity contribution < 1.29 is 19.1 Å². The van der Waals surface area contributed by atoms with Gasteiger partial charge in [0.1, 0.15) is 0 Å². The third kappa shape index (κ3) is 3.06. The van der Waals surface area contributed by atoms with Gasteiger partial charge in [0, 0.05) is 12.1 Å². The van der Waals surface area contributed by atoms with Crippen LogP contribution in [-0.4, -0.2) is 23.5 Å². The highest BCUT2D eigenvalue weighted by Crippen LogP contribution is 2.36. The molecule has 0 bridgehead atoms. The molecular weight excluding hydrogens is 326 g/mol. The van der Waals surface area contributed by atoms with Crippen LogP contribution in [-0.2, 0) is 4.79 Å². The monoisotopic (exact) mass is 343 g/mol. The van der Waals surface area contributed by atoms with Crippen LogP contribution < -0.4 is 5.32 Å². The Morgan fingerprint density at radius 3 is 2.55 bits per heavy atom. The normalized spacial score (nSPS) is 17.7. The van der Waals surface area contributed by atoms with E-state index in [4.69, 9.17) is 4.42 Å². The summed E-state index contributed by atoms with van der Waals surface area (Å²) in [6.45, 7) is 1.93. The molecule has 1 amide bonds. The first-order valence-electron chi connectivity index (χ1n) is 6.72. The molecule has 1 saturated carbocycles. The average Bonchev–Trinajstić information content (AvgIpc) is 2.76. The minimum Gasteiger partial charge on any atom is -0.481 e. The van der Waals surface area contributed by atoms with Crippen molar-refractivity contribution in [2.75, 3.05) is 6.54 Å². The Labute approximate surface area is 125 Å². The van der Waals surface area contributed by atoms with E-state index in [9.17, 15) is 14.7 Å². The fourth-order valence-corrected chi connectivity index (χ4v) is 3.20. The number of carbonyl (C=O) groups excluding carboxylic acids is 1. The lowest BCUT2D eigenvalue weighted by atomic mass is 9.74. The van der Waals surface area contributed by atoms with E-state index in [1.807, 2.05) is 0 Å². The summed E-state index contributed by atoms with van der Waals surface area (Å²) in [5.41, 5.74) is -0.103. The summed E-state index contributed by atoms with van der Waals surface area (Å²) < 4.78 is 5.76. The van der Waals surface area contributed by atoms with Crippen LogP contribution in [0.3, 0.4) is 0 Å². The number of nitrogens with one attached hydrogen (secondary N) is 1. The number of halogens is 1. The highest BCUT2D eigenvalue weighted by atomic mass is 79.9. The van der Waals surface area contributed by atoms with Crippen molar-refractivity contribution in [2.24, 2.45) is 5.41 Å². The molecule has 1 aliphatic carbocycles. The molecule has 6 heteroatoms. The van der Waals surface area contributed by atoms with Gasteiger partial charge in [-0.15, -0.1) is 0 Å². The van der Waals surface area contributed by atoms with E-state index in [2.05, 4.69) is 21.2 Å². The number of hydrogen-bond acceptors (Lipinski definition) is 3. The molecule has 0 aromatic carbocycles. The van der Waals surface area contributed by atoms with Crippen LogP contribution in [0.15, 0.2) is 15.2 Å². The zero-order valence-electron chi connectivity index (χ0n) is 11.4. The van der Waals surface area contributed by atoms with E-state index in [0.717, 1.165) is 24.8 Å². The molecule has 1 fully saturated rings. The van der Waals surface area contributed by atoms with E-state index in [1.54, 1.807) is 13.0 Å². The molecule has 1 aromatic heterocycles. The number of rotatable bonds is 4. The lowest BCUT2D eigenvalue weighted by molar-refractivity contribution is -0.150. The second-order valence-electron chi connectivity index (χ2n) is 5.39. The predicted molar refractivity (Wildman–Crippen MR) is 76.6 cm³/mol. The molecule has 0 unspecified atom stereocenters. The van der Waals surface area contributed by atoms with Crippen molar-refractivity contribution in [3.8, 4) is 0 Å². The summed E-state index contributed by atoms with van der Waals surface area (Å²) in [4.78, 5) is 23.6. The van der Waals surface area contributed by atoms with Gasteiger partial charge in [-0.3, -0.25) is 9.59 Å². The van der Waals surface area contributed by atoms with Crippen molar-refractivity contribution in [1.29, 1.82) is 0 Å². The van der Waals surface area contributed by atoms with Crippen LogP contribution in [0.1, 0.15) is 48.2 Å². The van der Waals surface area contributed by atoms with Crippen molar-refractivity contribution >= 4 is 27.8 Å². The van der Waals surface area contributed by atoms with Gasteiger partial charge in [-0.1, -0.05) is 19.3 Å². The first kappa shape index (κ1) is 15.1. The van der Waals surface area contributed by atoms with Crippen LogP contribution >= 0.6 is 15.9 Å². The number of carbonyl (C=O) groups is 2. The second kappa shape index (κ2) is 5.99. The van der Waals surface area contributed by atoms with Crippen molar-refractivity contribution in [3.05, 3.63) is 22.1 Å². The predicted octanol–water partition coefficient (Wildman–Crippen LogP) is 3.12. The fraction of sp³-hybridized carbons (Fsp3) is 0.571. The third-order valence-electron chi connectivity index (χ3n) is 3.95.